The highest BCUT2D eigenvalue weighted by Crippen LogP contribution is 2.27. The van der Waals surface area contributed by atoms with Gasteiger partial charge in [0.05, 0.1) is 5.52 Å². The second kappa shape index (κ2) is 12.1. The number of benzene rings is 2. The van der Waals surface area contributed by atoms with Crippen molar-refractivity contribution in [3.05, 3.63) is 65.9 Å². The highest BCUT2D eigenvalue weighted by Gasteiger charge is 2.19. The van der Waals surface area contributed by atoms with Gasteiger partial charge in [-0.15, -0.1) is 24.8 Å². The van der Waals surface area contributed by atoms with Gasteiger partial charge in [-0.25, -0.2) is 4.79 Å². The number of carbonyl (C=O) groups is 1. The Hall–Kier alpha value is -2.54. The van der Waals surface area contributed by atoms with Crippen LogP contribution in [0.3, 0.4) is 0 Å². The topological polar surface area (TPSA) is 59.9 Å². The molecular weight excluding hydrogens is 459 g/mol. The lowest BCUT2D eigenvalue weighted by Crippen LogP contribution is -2.47. The number of fused-ring (bicyclic) bond motifs is 1. The Bertz CT molecular complexity index is 1070. The van der Waals surface area contributed by atoms with Gasteiger partial charge in [-0.1, -0.05) is 18.2 Å². The fourth-order valence-corrected chi connectivity index (χ4v) is 4.32. The molecule has 0 atom stereocenters. The van der Waals surface area contributed by atoms with E-state index in [1.807, 2.05) is 32.0 Å². The molecule has 1 aromatic heterocycles. The van der Waals surface area contributed by atoms with Crippen LogP contribution in [0.1, 0.15) is 18.2 Å². The lowest BCUT2D eigenvalue weighted by atomic mass is 10.1. The van der Waals surface area contributed by atoms with Gasteiger partial charge >= 0.3 is 6.09 Å². The van der Waals surface area contributed by atoms with E-state index in [4.69, 9.17) is 0 Å². The number of hydrogen-bond donors (Lipinski definition) is 1. The van der Waals surface area contributed by atoms with Gasteiger partial charge in [0, 0.05) is 61.7 Å². The smallest absolute Gasteiger partial charge is 0.411 e. The number of amides is 1. The van der Waals surface area contributed by atoms with Crippen LogP contribution in [0.4, 0.5) is 16.2 Å². The first-order valence-electron chi connectivity index (χ1n) is 11.0. The molecule has 0 saturated carbocycles. The average molecular weight is 491 g/mol. The maximum absolute atomic E-state index is 11.4. The molecule has 1 N–H and O–H groups in total. The van der Waals surface area contributed by atoms with Gasteiger partial charge in [0.15, 0.2) is 0 Å². The van der Waals surface area contributed by atoms with Crippen molar-refractivity contribution in [2.24, 2.45) is 0 Å². The average Bonchev–Trinajstić information content (AvgIpc) is 2.78. The summed E-state index contributed by atoms with van der Waals surface area (Å²) in [6.07, 6.45) is 0.0113. The van der Waals surface area contributed by atoms with E-state index >= 15 is 0 Å². The second-order valence-electron chi connectivity index (χ2n) is 8.07. The highest BCUT2D eigenvalue weighted by molar-refractivity contribution is 5.92. The molecule has 1 aliphatic heterocycles. The van der Waals surface area contributed by atoms with E-state index in [0.29, 0.717) is 6.54 Å². The highest BCUT2D eigenvalue weighted by atomic mass is 35.5. The minimum Gasteiger partial charge on any atom is -0.465 e. The van der Waals surface area contributed by atoms with Crippen molar-refractivity contribution in [2.75, 3.05) is 49.1 Å². The van der Waals surface area contributed by atoms with Crippen molar-refractivity contribution in [3.63, 3.8) is 0 Å². The quantitative estimate of drug-likeness (QED) is 0.510. The molecule has 0 unspecified atom stereocenters. The number of carboxylic acid groups (broad SMARTS) is 1. The predicted molar refractivity (Wildman–Crippen MR) is 141 cm³/mol. The van der Waals surface area contributed by atoms with Gasteiger partial charge in [-0.2, -0.15) is 0 Å². The van der Waals surface area contributed by atoms with Gasteiger partial charge in [0.2, 0.25) is 0 Å². The Morgan fingerprint density at radius 3 is 2.45 bits per heavy atom. The lowest BCUT2D eigenvalue weighted by molar-refractivity contribution is 0.202. The van der Waals surface area contributed by atoms with Crippen LogP contribution in [0, 0.1) is 6.92 Å². The Morgan fingerprint density at radius 2 is 1.76 bits per heavy atom. The number of rotatable bonds is 6. The molecule has 3 aromatic rings. The van der Waals surface area contributed by atoms with Crippen LogP contribution in [0.15, 0.2) is 54.6 Å². The van der Waals surface area contributed by atoms with Crippen LogP contribution < -0.4 is 9.80 Å². The third-order valence-corrected chi connectivity index (χ3v) is 6.05. The first-order chi connectivity index (χ1) is 15.0. The molecule has 6 nitrogen and oxygen atoms in total. The minimum absolute atomic E-state index is 0. The second-order valence-corrected chi connectivity index (χ2v) is 8.07. The number of aryl methyl sites for hydroxylation is 1. The van der Waals surface area contributed by atoms with Crippen molar-refractivity contribution < 1.29 is 9.90 Å². The van der Waals surface area contributed by atoms with Crippen molar-refractivity contribution in [2.45, 2.75) is 20.3 Å². The van der Waals surface area contributed by atoms with Crippen molar-refractivity contribution >= 4 is 53.2 Å². The molecule has 1 amide bonds. The van der Waals surface area contributed by atoms with E-state index in [2.05, 4.69) is 51.2 Å². The summed E-state index contributed by atoms with van der Waals surface area (Å²) < 4.78 is 0. The molecule has 2 aromatic carbocycles. The van der Waals surface area contributed by atoms with Crippen LogP contribution in [0.5, 0.6) is 0 Å². The van der Waals surface area contributed by atoms with Gasteiger partial charge in [0.25, 0.3) is 0 Å². The summed E-state index contributed by atoms with van der Waals surface area (Å²) in [5.74, 6) is 0. The summed E-state index contributed by atoms with van der Waals surface area (Å²) in [5.41, 5.74) is 5.30. The third-order valence-electron chi connectivity index (χ3n) is 6.05. The van der Waals surface area contributed by atoms with Gasteiger partial charge < -0.3 is 10.0 Å². The molecule has 1 saturated heterocycles. The van der Waals surface area contributed by atoms with E-state index in [0.717, 1.165) is 56.0 Å². The largest absolute Gasteiger partial charge is 0.465 e. The summed E-state index contributed by atoms with van der Waals surface area (Å²) >= 11 is 0. The molecule has 0 spiro atoms. The Morgan fingerprint density at radius 1 is 1.03 bits per heavy atom. The molecule has 8 heteroatoms. The minimum atomic E-state index is -0.908. The third kappa shape index (κ3) is 6.28. The maximum Gasteiger partial charge on any atom is 0.411 e. The van der Waals surface area contributed by atoms with E-state index in [1.165, 1.54) is 21.5 Å². The lowest BCUT2D eigenvalue weighted by Gasteiger charge is -2.36. The number of aromatic nitrogens is 1. The van der Waals surface area contributed by atoms with E-state index in [1.54, 1.807) is 0 Å². The summed E-state index contributed by atoms with van der Waals surface area (Å²) in [7, 11) is 0. The van der Waals surface area contributed by atoms with Crippen LogP contribution >= 0.6 is 24.8 Å². The van der Waals surface area contributed by atoms with E-state index in [-0.39, 0.29) is 24.8 Å². The molecule has 178 valence electrons. The van der Waals surface area contributed by atoms with Gasteiger partial charge in [0.1, 0.15) is 0 Å². The number of anilines is 2. The molecule has 1 aliphatic rings. The molecule has 4 rings (SSSR count). The molecule has 2 heterocycles. The SMILES string of the molecule is CCN(C(=O)O)c1cccc(CCN2CCN(c3cccc4nc(C)ccc34)CC2)c1.Cl.Cl. The fraction of sp³-hybridized carbons (Fsp3) is 0.360. The monoisotopic (exact) mass is 490 g/mol. The standard InChI is InChI=1S/C25H30N4O2.2ClH/c1-3-29(25(30)31)21-7-4-6-20(18-21)12-13-27-14-16-28(17-15-27)24-9-5-8-23-22(24)11-10-19(2)26-23;;/h4-11,18H,3,12-17H2,1-2H3,(H,30,31);2*1H. The molecule has 0 radical (unpaired) electrons. The zero-order valence-electron chi connectivity index (χ0n) is 19.1. The summed E-state index contributed by atoms with van der Waals surface area (Å²) in [4.78, 5) is 22.4. The summed E-state index contributed by atoms with van der Waals surface area (Å²) in [6, 6.07) is 18.5. The fourth-order valence-electron chi connectivity index (χ4n) is 4.32. The summed E-state index contributed by atoms with van der Waals surface area (Å²) in [5, 5.41) is 10.6. The normalized spacial score (nSPS) is 13.8. The number of nitrogens with zero attached hydrogens (tertiary/aromatic N) is 4. The molecular formula is C25H32Cl2N4O2. The van der Waals surface area contributed by atoms with Crippen LogP contribution in [-0.4, -0.2) is 60.4 Å². The van der Waals surface area contributed by atoms with Crippen molar-refractivity contribution in [1.29, 1.82) is 0 Å². The first kappa shape index (κ1) is 26.7. The maximum atomic E-state index is 11.4. The van der Waals surface area contributed by atoms with Gasteiger partial charge in [-0.05, 0) is 62.2 Å². The number of pyridine rings is 1. The molecule has 1 fully saturated rings. The van der Waals surface area contributed by atoms with Gasteiger partial charge in [-0.3, -0.25) is 14.8 Å². The summed E-state index contributed by atoms with van der Waals surface area (Å²) in [6.45, 7) is 9.34. The number of hydrogen-bond acceptors (Lipinski definition) is 4. The molecule has 33 heavy (non-hydrogen) atoms. The predicted octanol–water partition coefficient (Wildman–Crippen LogP) is 5.26. The van der Waals surface area contributed by atoms with Crippen molar-refractivity contribution in [3.8, 4) is 0 Å². The Balaban J connectivity index is 0.00000193. The zero-order chi connectivity index (χ0) is 21.8. The number of piperazine rings is 1. The van der Waals surface area contributed by atoms with E-state index < -0.39 is 6.09 Å². The van der Waals surface area contributed by atoms with Crippen LogP contribution in [-0.2, 0) is 6.42 Å². The Labute approximate surface area is 208 Å². The van der Waals surface area contributed by atoms with Crippen LogP contribution in [0.25, 0.3) is 10.9 Å². The number of halogens is 2. The van der Waals surface area contributed by atoms with Crippen LogP contribution in [0.2, 0.25) is 0 Å². The van der Waals surface area contributed by atoms with Crippen molar-refractivity contribution in [1.82, 2.24) is 9.88 Å². The Kier molecular flexibility index (Phi) is 9.77. The molecule has 0 bridgehead atoms. The molecule has 0 aliphatic carbocycles. The zero-order valence-corrected chi connectivity index (χ0v) is 20.7. The van der Waals surface area contributed by atoms with E-state index in [9.17, 15) is 9.90 Å². The first-order valence-corrected chi connectivity index (χ1v) is 11.0.